The Morgan fingerprint density at radius 3 is 1.90 bits per heavy atom. The largest absolute Gasteiger partial charge is 0.446 e. The maximum Gasteiger partial charge on any atom is 0.408 e. The number of piperidine rings is 1. The zero-order valence-electron chi connectivity index (χ0n) is 17.8. The summed E-state index contributed by atoms with van der Waals surface area (Å²) in [6, 6.07) is 30.4. The highest BCUT2D eigenvalue weighted by Gasteiger charge is 2.24. The van der Waals surface area contributed by atoms with Crippen LogP contribution in [0.1, 0.15) is 35.6 Å². The normalized spacial score (nSPS) is 15.0. The molecular formula is C27H30N2O2. The molecule has 0 unspecified atom stereocenters. The second kappa shape index (κ2) is 10.8. The summed E-state index contributed by atoms with van der Waals surface area (Å²) in [6.07, 6.45) is 2.44. The van der Waals surface area contributed by atoms with E-state index in [1.807, 2.05) is 60.7 Å². The zero-order valence-corrected chi connectivity index (χ0v) is 17.8. The Kier molecular flexibility index (Phi) is 7.35. The Labute approximate surface area is 184 Å². The fourth-order valence-corrected chi connectivity index (χ4v) is 4.14. The highest BCUT2D eigenvalue weighted by molar-refractivity contribution is 5.69. The predicted octanol–water partition coefficient (Wildman–Crippen LogP) is 5.21. The molecular weight excluding hydrogens is 384 g/mol. The SMILES string of the molecule is O=C(NC(c1ccccc1)c1ccccc1)OC1CCN(CCc2ccccc2)CC1. The molecule has 1 saturated heterocycles. The number of carbonyl (C=O) groups is 1. The maximum atomic E-state index is 12.7. The van der Waals surface area contributed by atoms with Crippen LogP contribution in [0.15, 0.2) is 91.0 Å². The van der Waals surface area contributed by atoms with Gasteiger partial charge in [0.15, 0.2) is 0 Å². The van der Waals surface area contributed by atoms with Crippen LogP contribution in [0.3, 0.4) is 0 Å². The lowest BCUT2D eigenvalue weighted by Crippen LogP contribution is -2.41. The summed E-state index contributed by atoms with van der Waals surface area (Å²) in [6.45, 7) is 2.98. The number of benzene rings is 3. The van der Waals surface area contributed by atoms with Gasteiger partial charge in [0.1, 0.15) is 6.10 Å². The van der Waals surface area contributed by atoms with Gasteiger partial charge < -0.3 is 15.0 Å². The summed E-state index contributed by atoms with van der Waals surface area (Å²) in [7, 11) is 0. The molecule has 1 heterocycles. The van der Waals surface area contributed by atoms with E-state index in [0.29, 0.717) is 0 Å². The first-order valence-electron chi connectivity index (χ1n) is 11.1. The predicted molar refractivity (Wildman–Crippen MR) is 124 cm³/mol. The number of rotatable bonds is 7. The minimum absolute atomic E-state index is 0.0276. The van der Waals surface area contributed by atoms with Gasteiger partial charge in [0, 0.05) is 19.6 Å². The van der Waals surface area contributed by atoms with Crippen LogP contribution >= 0.6 is 0 Å². The number of nitrogens with one attached hydrogen (secondary N) is 1. The van der Waals surface area contributed by atoms with Crippen molar-refractivity contribution in [3.8, 4) is 0 Å². The molecule has 1 amide bonds. The molecule has 0 radical (unpaired) electrons. The average molecular weight is 415 g/mol. The molecule has 1 aliphatic rings. The molecule has 0 aliphatic carbocycles. The molecule has 4 rings (SSSR count). The molecule has 31 heavy (non-hydrogen) atoms. The summed E-state index contributed by atoms with van der Waals surface area (Å²) >= 11 is 0. The fraction of sp³-hybridized carbons (Fsp3) is 0.296. The number of alkyl carbamates (subject to hydrolysis) is 1. The van der Waals surface area contributed by atoms with Crippen LogP contribution in [0.25, 0.3) is 0 Å². The molecule has 4 heteroatoms. The molecule has 1 N–H and O–H groups in total. The number of amides is 1. The van der Waals surface area contributed by atoms with Gasteiger partial charge in [-0.05, 0) is 36.0 Å². The van der Waals surface area contributed by atoms with Crippen molar-refractivity contribution in [1.29, 1.82) is 0 Å². The van der Waals surface area contributed by atoms with Crippen molar-refractivity contribution in [3.05, 3.63) is 108 Å². The topological polar surface area (TPSA) is 41.6 Å². The monoisotopic (exact) mass is 414 g/mol. The number of carbonyl (C=O) groups excluding carboxylic acids is 1. The average Bonchev–Trinajstić information content (AvgIpc) is 2.84. The van der Waals surface area contributed by atoms with E-state index in [-0.39, 0.29) is 18.2 Å². The van der Waals surface area contributed by atoms with Crippen LogP contribution in [0, 0.1) is 0 Å². The molecule has 160 valence electrons. The molecule has 0 saturated carbocycles. The van der Waals surface area contributed by atoms with Crippen LogP contribution in [-0.2, 0) is 11.2 Å². The molecule has 3 aromatic carbocycles. The molecule has 4 nitrogen and oxygen atoms in total. The molecule has 1 fully saturated rings. The number of ether oxygens (including phenoxy) is 1. The van der Waals surface area contributed by atoms with Gasteiger partial charge in [-0.1, -0.05) is 91.0 Å². The summed E-state index contributed by atoms with van der Waals surface area (Å²) in [4.78, 5) is 15.2. The molecule has 0 aromatic heterocycles. The third-order valence-electron chi connectivity index (χ3n) is 5.90. The number of nitrogens with zero attached hydrogens (tertiary/aromatic N) is 1. The van der Waals surface area contributed by atoms with Gasteiger partial charge in [-0.25, -0.2) is 4.79 Å². The van der Waals surface area contributed by atoms with Crippen molar-refractivity contribution < 1.29 is 9.53 Å². The third-order valence-corrected chi connectivity index (χ3v) is 5.90. The first-order valence-corrected chi connectivity index (χ1v) is 11.1. The van der Waals surface area contributed by atoms with E-state index in [9.17, 15) is 4.79 Å². The fourth-order valence-electron chi connectivity index (χ4n) is 4.14. The minimum atomic E-state index is -0.347. The van der Waals surface area contributed by atoms with E-state index in [2.05, 4.69) is 40.5 Å². The summed E-state index contributed by atoms with van der Waals surface area (Å²) in [5, 5.41) is 3.08. The Bertz CT molecular complexity index is 884. The standard InChI is InChI=1S/C27H30N2O2/c30-27(28-26(23-12-6-2-7-13-23)24-14-8-3-9-15-24)31-25-17-20-29(21-18-25)19-16-22-10-4-1-5-11-22/h1-15,25-26H,16-21H2,(H,28,30). The van der Waals surface area contributed by atoms with Crippen molar-refractivity contribution in [2.75, 3.05) is 19.6 Å². The summed E-state index contributed by atoms with van der Waals surface area (Å²) in [5.41, 5.74) is 3.45. The molecule has 0 atom stereocenters. The number of likely N-dealkylation sites (tertiary alicyclic amines) is 1. The molecule has 0 bridgehead atoms. The Morgan fingerprint density at radius 2 is 1.35 bits per heavy atom. The van der Waals surface area contributed by atoms with Crippen LogP contribution < -0.4 is 5.32 Å². The first-order chi connectivity index (χ1) is 15.3. The number of hydrogen-bond acceptors (Lipinski definition) is 3. The lowest BCUT2D eigenvalue weighted by atomic mass is 9.99. The smallest absolute Gasteiger partial charge is 0.408 e. The van der Waals surface area contributed by atoms with Gasteiger partial charge in [0.2, 0.25) is 0 Å². The van der Waals surface area contributed by atoms with Crippen LogP contribution in [0.5, 0.6) is 0 Å². The van der Waals surface area contributed by atoms with Crippen molar-refractivity contribution in [3.63, 3.8) is 0 Å². The quantitative estimate of drug-likeness (QED) is 0.577. The number of hydrogen-bond donors (Lipinski definition) is 1. The second-order valence-corrected chi connectivity index (χ2v) is 8.08. The van der Waals surface area contributed by atoms with Crippen molar-refractivity contribution in [2.24, 2.45) is 0 Å². The highest BCUT2D eigenvalue weighted by atomic mass is 16.6. The first kappa shape index (κ1) is 21.1. The Morgan fingerprint density at radius 1 is 0.839 bits per heavy atom. The van der Waals surface area contributed by atoms with Crippen molar-refractivity contribution in [1.82, 2.24) is 10.2 Å². The van der Waals surface area contributed by atoms with Gasteiger partial charge in [-0.2, -0.15) is 0 Å². The van der Waals surface area contributed by atoms with E-state index in [1.165, 1.54) is 5.56 Å². The summed E-state index contributed by atoms with van der Waals surface area (Å²) in [5.74, 6) is 0. The summed E-state index contributed by atoms with van der Waals surface area (Å²) < 4.78 is 5.80. The van der Waals surface area contributed by atoms with Gasteiger partial charge in [-0.3, -0.25) is 0 Å². The van der Waals surface area contributed by atoms with E-state index < -0.39 is 0 Å². The molecule has 3 aromatic rings. The van der Waals surface area contributed by atoms with Gasteiger partial charge >= 0.3 is 6.09 Å². The zero-order chi connectivity index (χ0) is 21.3. The van der Waals surface area contributed by atoms with Gasteiger partial charge in [-0.15, -0.1) is 0 Å². The van der Waals surface area contributed by atoms with E-state index >= 15 is 0 Å². The minimum Gasteiger partial charge on any atom is -0.446 e. The molecule has 1 aliphatic heterocycles. The Hall–Kier alpha value is -3.11. The van der Waals surface area contributed by atoms with Crippen LogP contribution in [0.2, 0.25) is 0 Å². The lowest BCUT2D eigenvalue weighted by molar-refractivity contribution is 0.0500. The van der Waals surface area contributed by atoms with E-state index in [4.69, 9.17) is 4.74 Å². The highest BCUT2D eigenvalue weighted by Crippen LogP contribution is 2.22. The van der Waals surface area contributed by atoms with Gasteiger partial charge in [0.25, 0.3) is 0 Å². The van der Waals surface area contributed by atoms with E-state index in [1.54, 1.807) is 0 Å². The lowest BCUT2D eigenvalue weighted by Gasteiger charge is -2.32. The van der Waals surface area contributed by atoms with Crippen LogP contribution in [-0.4, -0.2) is 36.7 Å². The van der Waals surface area contributed by atoms with Crippen molar-refractivity contribution in [2.45, 2.75) is 31.4 Å². The molecule has 0 spiro atoms. The third kappa shape index (κ3) is 6.19. The van der Waals surface area contributed by atoms with Crippen molar-refractivity contribution >= 4 is 6.09 Å². The second-order valence-electron chi connectivity index (χ2n) is 8.08. The Balaban J connectivity index is 1.28. The van der Waals surface area contributed by atoms with Gasteiger partial charge in [0.05, 0.1) is 6.04 Å². The maximum absolute atomic E-state index is 12.7. The van der Waals surface area contributed by atoms with E-state index in [0.717, 1.165) is 50.0 Å². The van der Waals surface area contributed by atoms with Crippen LogP contribution in [0.4, 0.5) is 4.79 Å².